The number of carbonyl (C=O) groups is 1. The second-order valence-electron chi connectivity index (χ2n) is 5.70. The Hall–Kier alpha value is -3.46. The number of nitrogens with one attached hydrogen (secondary N) is 2. The van der Waals surface area contributed by atoms with E-state index in [2.05, 4.69) is 10.0 Å². The quantitative estimate of drug-likeness (QED) is 0.541. The third-order valence-corrected chi connectivity index (χ3v) is 5.55. The largest absolute Gasteiger partial charge is 0.321 e. The van der Waals surface area contributed by atoms with E-state index in [1.165, 1.54) is 30.3 Å². The number of rotatable bonds is 4. The van der Waals surface area contributed by atoms with Gasteiger partial charge in [-0.1, -0.05) is 12.1 Å². The molecule has 2 N–H and O–H groups in total. The molecular weight excluding hydrogens is 358 g/mol. The molecule has 1 amide bonds. The van der Waals surface area contributed by atoms with Crippen LogP contribution in [0.25, 0.3) is 10.8 Å². The molecule has 3 aromatic carbocycles. The summed E-state index contributed by atoms with van der Waals surface area (Å²) in [6, 6.07) is 12.9. The van der Waals surface area contributed by atoms with E-state index in [-0.39, 0.29) is 22.2 Å². The Bertz CT molecular complexity index is 1190. The average Bonchev–Trinajstić information content (AvgIpc) is 2.93. The third-order valence-electron chi connectivity index (χ3n) is 4.11. The predicted molar refractivity (Wildman–Crippen MR) is 95.8 cm³/mol. The minimum absolute atomic E-state index is 0.0213. The third kappa shape index (κ3) is 2.45. The zero-order valence-corrected chi connectivity index (χ0v) is 13.9. The van der Waals surface area contributed by atoms with Gasteiger partial charge in [-0.05, 0) is 30.3 Å². The van der Waals surface area contributed by atoms with Gasteiger partial charge in [0.05, 0.1) is 9.82 Å². The van der Waals surface area contributed by atoms with Gasteiger partial charge in [0, 0.05) is 39.8 Å². The van der Waals surface area contributed by atoms with Crippen LogP contribution in [0.1, 0.15) is 10.4 Å². The zero-order valence-electron chi connectivity index (χ0n) is 13.1. The van der Waals surface area contributed by atoms with Crippen LogP contribution >= 0.6 is 0 Å². The number of anilines is 2. The lowest BCUT2D eigenvalue weighted by Crippen LogP contribution is -2.13. The molecule has 1 heterocycles. The lowest BCUT2D eigenvalue weighted by Gasteiger charge is -2.11. The van der Waals surface area contributed by atoms with E-state index in [1.54, 1.807) is 24.3 Å². The molecule has 4 rings (SSSR count). The summed E-state index contributed by atoms with van der Waals surface area (Å²) >= 11 is 0. The fourth-order valence-corrected chi connectivity index (χ4v) is 4.22. The van der Waals surface area contributed by atoms with Crippen LogP contribution in [0, 0.1) is 10.1 Å². The van der Waals surface area contributed by atoms with E-state index in [0.717, 1.165) is 0 Å². The van der Waals surface area contributed by atoms with Gasteiger partial charge in [0.25, 0.3) is 21.6 Å². The molecule has 3 aromatic rings. The molecule has 0 atom stereocenters. The number of non-ortho nitro benzene ring substituents is 1. The van der Waals surface area contributed by atoms with Crippen LogP contribution < -0.4 is 10.0 Å². The van der Waals surface area contributed by atoms with Crippen molar-refractivity contribution >= 4 is 43.8 Å². The summed E-state index contributed by atoms with van der Waals surface area (Å²) in [5.41, 5.74) is 1.05. The van der Waals surface area contributed by atoms with Crippen LogP contribution in [0.4, 0.5) is 17.1 Å². The van der Waals surface area contributed by atoms with Crippen molar-refractivity contribution < 1.29 is 18.1 Å². The summed E-state index contributed by atoms with van der Waals surface area (Å²) in [6.07, 6.45) is 0. The molecule has 8 nitrogen and oxygen atoms in total. The highest BCUT2D eigenvalue weighted by Gasteiger charge is 2.26. The second kappa shape index (κ2) is 5.53. The summed E-state index contributed by atoms with van der Waals surface area (Å²) in [6.45, 7) is 0. The summed E-state index contributed by atoms with van der Waals surface area (Å²) in [5, 5.41) is 14.4. The summed E-state index contributed by atoms with van der Waals surface area (Å²) < 4.78 is 28.0. The molecule has 0 aliphatic carbocycles. The van der Waals surface area contributed by atoms with Crippen molar-refractivity contribution in [2.75, 3.05) is 10.0 Å². The number of amides is 1. The van der Waals surface area contributed by atoms with Crippen LogP contribution in [0.2, 0.25) is 0 Å². The van der Waals surface area contributed by atoms with Gasteiger partial charge in [0.2, 0.25) is 0 Å². The first kappa shape index (κ1) is 16.0. The van der Waals surface area contributed by atoms with Crippen molar-refractivity contribution in [1.82, 2.24) is 0 Å². The van der Waals surface area contributed by atoms with Crippen molar-refractivity contribution in [3.63, 3.8) is 0 Å². The maximum Gasteiger partial charge on any atom is 0.269 e. The minimum Gasteiger partial charge on any atom is -0.321 e. The van der Waals surface area contributed by atoms with Crippen LogP contribution in [0.3, 0.4) is 0 Å². The highest BCUT2D eigenvalue weighted by atomic mass is 32.2. The lowest BCUT2D eigenvalue weighted by molar-refractivity contribution is -0.384. The SMILES string of the molecule is O=C1Nc2ccc(S(=O)(=O)Nc3ccc([N+](=O)[O-])cc3)c3cccc1c23. The summed E-state index contributed by atoms with van der Waals surface area (Å²) in [4.78, 5) is 22.1. The van der Waals surface area contributed by atoms with Crippen LogP contribution in [0.5, 0.6) is 0 Å². The Morgan fingerprint density at radius 2 is 1.73 bits per heavy atom. The van der Waals surface area contributed by atoms with E-state index >= 15 is 0 Å². The monoisotopic (exact) mass is 369 g/mol. The molecule has 0 saturated heterocycles. The first-order chi connectivity index (χ1) is 12.4. The first-order valence-electron chi connectivity index (χ1n) is 7.51. The van der Waals surface area contributed by atoms with Crippen LogP contribution in [-0.2, 0) is 10.0 Å². The zero-order chi connectivity index (χ0) is 18.5. The fraction of sp³-hybridized carbons (Fsp3) is 0. The van der Waals surface area contributed by atoms with Crippen molar-refractivity contribution in [2.24, 2.45) is 0 Å². The molecule has 0 saturated carbocycles. The van der Waals surface area contributed by atoms with Gasteiger partial charge in [-0.15, -0.1) is 0 Å². The number of hydrogen-bond acceptors (Lipinski definition) is 5. The molecule has 26 heavy (non-hydrogen) atoms. The number of sulfonamides is 1. The van der Waals surface area contributed by atoms with Gasteiger partial charge in [-0.3, -0.25) is 19.6 Å². The molecule has 0 unspecified atom stereocenters. The first-order valence-corrected chi connectivity index (χ1v) is 8.99. The minimum atomic E-state index is -3.96. The van der Waals surface area contributed by atoms with Gasteiger partial charge < -0.3 is 5.32 Å². The summed E-state index contributed by atoms with van der Waals surface area (Å²) in [5.74, 6) is -0.275. The van der Waals surface area contributed by atoms with E-state index in [9.17, 15) is 23.3 Å². The van der Waals surface area contributed by atoms with Crippen molar-refractivity contribution in [2.45, 2.75) is 4.90 Å². The Kier molecular flexibility index (Phi) is 3.41. The standard InChI is InChI=1S/C17H11N3O5S/c21-17-13-3-1-2-12-15(9-8-14(18-17)16(12)13)26(24,25)19-10-4-6-11(7-5-10)20(22)23/h1-9,19H,(H,18,21). The molecule has 0 aromatic heterocycles. The molecule has 0 radical (unpaired) electrons. The van der Waals surface area contributed by atoms with Gasteiger partial charge in [0.1, 0.15) is 0 Å². The molecule has 0 fully saturated rings. The Morgan fingerprint density at radius 1 is 1.00 bits per heavy atom. The number of nitrogens with zero attached hydrogens (tertiary/aromatic N) is 1. The normalized spacial score (nSPS) is 12.8. The van der Waals surface area contributed by atoms with E-state index in [1.807, 2.05) is 0 Å². The lowest BCUT2D eigenvalue weighted by atomic mass is 10.1. The number of benzene rings is 3. The molecule has 1 aliphatic heterocycles. The van der Waals surface area contributed by atoms with Gasteiger partial charge in [-0.2, -0.15) is 0 Å². The highest BCUT2D eigenvalue weighted by Crippen LogP contribution is 2.37. The Labute approximate surface area is 147 Å². The van der Waals surface area contributed by atoms with E-state index < -0.39 is 14.9 Å². The molecule has 0 bridgehead atoms. The smallest absolute Gasteiger partial charge is 0.269 e. The van der Waals surface area contributed by atoms with Gasteiger partial charge in [0.15, 0.2) is 0 Å². The highest BCUT2D eigenvalue weighted by molar-refractivity contribution is 7.93. The molecule has 1 aliphatic rings. The number of hydrogen-bond donors (Lipinski definition) is 2. The van der Waals surface area contributed by atoms with Crippen molar-refractivity contribution in [1.29, 1.82) is 0 Å². The Balaban J connectivity index is 1.79. The van der Waals surface area contributed by atoms with Crippen LogP contribution in [-0.4, -0.2) is 19.2 Å². The number of carbonyl (C=O) groups excluding carboxylic acids is 1. The maximum absolute atomic E-state index is 12.8. The van der Waals surface area contributed by atoms with Gasteiger partial charge >= 0.3 is 0 Å². The van der Waals surface area contributed by atoms with Crippen molar-refractivity contribution in [3.8, 4) is 0 Å². The topological polar surface area (TPSA) is 118 Å². The van der Waals surface area contributed by atoms with E-state index in [0.29, 0.717) is 22.0 Å². The Morgan fingerprint density at radius 3 is 2.42 bits per heavy atom. The second-order valence-corrected chi connectivity index (χ2v) is 7.35. The molecular formula is C17H11N3O5S. The predicted octanol–water partition coefficient (Wildman–Crippen LogP) is 3.11. The average molecular weight is 369 g/mol. The molecule has 9 heteroatoms. The number of nitro benzene ring substituents is 1. The fourth-order valence-electron chi connectivity index (χ4n) is 2.96. The van der Waals surface area contributed by atoms with Gasteiger partial charge in [-0.25, -0.2) is 8.42 Å². The number of nitro groups is 1. The molecule has 0 spiro atoms. The molecule has 130 valence electrons. The van der Waals surface area contributed by atoms with Crippen LogP contribution in [0.15, 0.2) is 59.5 Å². The maximum atomic E-state index is 12.8. The van der Waals surface area contributed by atoms with E-state index in [4.69, 9.17) is 0 Å². The van der Waals surface area contributed by atoms with Crippen molar-refractivity contribution in [3.05, 3.63) is 70.3 Å². The summed E-state index contributed by atoms with van der Waals surface area (Å²) in [7, 11) is -3.96.